The standard InChI is InChI=1S/C13H10ClN3O2S/c1-7-9(5-4-8-3-2-6-20-10(7)8)13(18)15-12-11(14)16-19-17-12/h2-5H,6H2,1H3,(H,15,17,18). The van der Waals surface area contributed by atoms with Gasteiger partial charge in [0.25, 0.3) is 5.91 Å². The van der Waals surface area contributed by atoms with Crippen LogP contribution in [0.1, 0.15) is 21.5 Å². The summed E-state index contributed by atoms with van der Waals surface area (Å²) in [6, 6.07) is 3.73. The van der Waals surface area contributed by atoms with E-state index in [-0.39, 0.29) is 16.9 Å². The predicted molar refractivity (Wildman–Crippen MR) is 78.2 cm³/mol. The van der Waals surface area contributed by atoms with Gasteiger partial charge < -0.3 is 5.32 Å². The van der Waals surface area contributed by atoms with Gasteiger partial charge in [-0.2, -0.15) is 0 Å². The highest BCUT2D eigenvalue weighted by Crippen LogP contribution is 2.33. The van der Waals surface area contributed by atoms with E-state index >= 15 is 0 Å². The van der Waals surface area contributed by atoms with Crippen molar-refractivity contribution in [2.24, 2.45) is 0 Å². The predicted octanol–water partition coefficient (Wildman–Crippen LogP) is 3.40. The summed E-state index contributed by atoms with van der Waals surface area (Å²) in [7, 11) is 0. The van der Waals surface area contributed by atoms with Gasteiger partial charge in [0.05, 0.1) is 0 Å². The number of amides is 1. The number of hydrogen-bond acceptors (Lipinski definition) is 5. The maximum absolute atomic E-state index is 12.3. The maximum atomic E-state index is 12.3. The van der Waals surface area contributed by atoms with Gasteiger partial charge in [0.2, 0.25) is 11.0 Å². The number of carbonyl (C=O) groups is 1. The molecule has 2 heterocycles. The molecule has 0 radical (unpaired) electrons. The number of thioether (sulfide) groups is 1. The van der Waals surface area contributed by atoms with Crippen molar-refractivity contribution in [3.8, 4) is 0 Å². The molecule has 1 N–H and O–H groups in total. The highest BCUT2D eigenvalue weighted by molar-refractivity contribution is 7.99. The van der Waals surface area contributed by atoms with E-state index in [2.05, 4.69) is 32.4 Å². The van der Waals surface area contributed by atoms with E-state index in [9.17, 15) is 4.79 Å². The van der Waals surface area contributed by atoms with Crippen molar-refractivity contribution in [3.05, 3.63) is 40.1 Å². The van der Waals surface area contributed by atoms with E-state index in [0.29, 0.717) is 5.56 Å². The van der Waals surface area contributed by atoms with Gasteiger partial charge in [-0.3, -0.25) is 4.79 Å². The van der Waals surface area contributed by atoms with Gasteiger partial charge in [-0.25, -0.2) is 4.63 Å². The summed E-state index contributed by atoms with van der Waals surface area (Å²) in [5.74, 6) is 0.761. The zero-order valence-corrected chi connectivity index (χ0v) is 12.1. The zero-order valence-electron chi connectivity index (χ0n) is 10.5. The Balaban J connectivity index is 1.93. The highest BCUT2D eigenvalue weighted by atomic mass is 35.5. The van der Waals surface area contributed by atoms with Crippen LogP contribution in [0.5, 0.6) is 0 Å². The third-order valence-electron chi connectivity index (χ3n) is 2.98. The minimum absolute atomic E-state index is 0.0336. The van der Waals surface area contributed by atoms with Crippen LogP contribution in [0.2, 0.25) is 5.15 Å². The van der Waals surface area contributed by atoms with Crippen LogP contribution in [0, 0.1) is 6.92 Å². The molecule has 1 aliphatic rings. The molecule has 1 aromatic carbocycles. The van der Waals surface area contributed by atoms with Crippen molar-refractivity contribution in [1.82, 2.24) is 10.3 Å². The topological polar surface area (TPSA) is 68.0 Å². The fraction of sp³-hybridized carbons (Fsp3) is 0.154. The van der Waals surface area contributed by atoms with Gasteiger partial charge in [-0.15, -0.1) is 11.8 Å². The lowest BCUT2D eigenvalue weighted by Gasteiger charge is -2.15. The van der Waals surface area contributed by atoms with Gasteiger partial charge in [0.15, 0.2) is 0 Å². The van der Waals surface area contributed by atoms with Gasteiger partial charge >= 0.3 is 0 Å². The van der Waals surface area contributed by atoms with Gasteiger partial charge in [0, 0.05) is 16.2 Å². The van der Waals surface area contributed by atoms with Crippen molar-refractivity contribution in [2.75, 3.05) is 11.1 Å². The molecular formula is C13H10ClN3O2S. The first-order valence-electron chi connectivity index (χ1n) is 5.89. The van der Waals surface area contributed by atoms with Gasteiger partial charge in [-0.1, -0.05) is 29.8 Å². The van der Waals surface area contributed by atoms with E-state index in [1.165, 1.54) is 0 Å². The average molecular weight is 308 g/mol. The zero-order chi connectivity index (χ0) is 14.1. The van der Waals surface area contributed by atoms with E-state index in [0.717, 1.165) is 21.8 Å². The molecule has 0 bridgehead atoms. The molecule has 1 aromatic heterocycles. The largest absolute Gasteiger partial charge is 0.301 e. The Morgan fingerprint density at radius 3 is 3.05 bits per heavy atom. The number of fused-ring (bicyclic) bond motifs is 1. The first kappa shape index (κ1) is 13.2. The second-order valence-corrected chi connectivity index (χ2v) is 5.62. The molecule has 20 heavy (non-hydrogen) atoms. The van der Waals surface area contributed by atoms with Crippen LogP contribution in [0.4, 0.5) is 5.82 Å². The maximum Gasteiger partial charge on any atom is 0.257 e. The quantitative estimate of drug-likeness (QED) is 0.921. The lowest BCUT2D eigenvalue weighted by molar-refractivity contribution is 0.102. The van der Waals surface area contributed by atoms with Crippen LogP contribution in [0.15, 0.2) is 27.7 Å². The Labute approximate surface area is 124 Å². The van der Waals surface area contributed by atoms with Crippen LogP contribution in [-0.4, -0.2) is 22.0 Å². The van der Waals surface area contributed by atoms with Crippen LogP contribution < -0.4 is 5.32 Å². The van der Waals surface area contributed by atoms with E-state index in [1.54, 1.807) is 17.8 Å². The van der Waals surface area contributed by atoms with Crippen LogP contribution in [0.25, 0.3) is 6.08 Å². The first-order valence-corrected chi connectivity index (χ1v) is 7.25. The van der Waals surface area contributed by atoms with Crippen molar-refractivity contribution in [3.63, 3.8) is 0 Å². The number of nitrogens with zero attached hydrogens (tertiary/aromatic N) is 2. The smallest absolute Gasteiger partial charge is 0.257 e. The summed E-state index contributed by atoms with van der Waals surface area (Å²) in [6.45, 7) is 1.93. The van der Waals surface area contributed by atoms with Crippen LogP contribution in [-0.2, 0) is 0 Å². The number of benzene rings is 1. The molecule has 0 unspecified atom stereocenters. The molecule has 5 nitrogen and oxygen atoms in total. The van der Waals surface area contributed by atoms with Crippen molar-refractivity contribution < 1.29 is 9.42 Å². The summed E-state index contributed by atoms with van der Waals surface area (Å²) in [6.07, 6.45) is 4.17. The first-order chi connectivity index (χ1) is 9.66. The number of aromatic nitrogens is 2. The minimum Gasteiger partial charge on any atom is -0.301 e. The molecule has 7 heteroatoms. The molecule has 0 aliphatic carbocycles. The number of nitrogens with one attached hydrogen (secondary N) is 1. The monoisotopic (exact) mass is 307 g/mol. The molecule has 102 valence electrons. The number of hydrogen-bond donors (Lipinski definition) is 1. The molecule has 0 atom stereocenters. The molecule has 0 saturated carbocycles. The Hall–Kier alpha value is -1.79. The highest BCUT2D eigenvalue weighted by Gasteiger charge is 2.18. The number of anilines is 1. The third kappa shape index (κ3) is 2.32. The third-order valence-corrected chi connectivity index (χ3v) is 4.42. The number of halogens is 1. The molecule has 1 amide bonds. The molecule has 0 fully saturated rings. The molecular weight excluding hydrogens is 298 g/mol. The van der Waals surface area contributed by atoms with Crippen LogP contribution >= 0.6 is 23.4 Å². The van der Waals surface area contributed by atoms with E-state index in [4.69, 9.17) is 11.6 Å². The van der Waals surface area contributed by atoms with Crippen molar-refractivity contribution in [1.29, 1.82) is 0 Å². The number of rotatable bonds is 2. The Morgan fingerprint density at radius 2 is 2.30 bits per heavy atom. The molecule has 0 spiro atoms. The van der Waals surface area contributed by atoms with E-state index in [1.807, 2.05) is 13.0 Å². The average Bonchev–Trinajstić information content (AvgIpc) is 2.85. The lowest BCUT2D eigenvalue weighted by Crippen LogP contribution is -2.14. The Kier molecular flexibility index (Phi) is 3.50. The molecule has 0 saturated heterocycles. The fourth-order valence-electron chi connectivity index (χ4n) is 2.02. The normalized spacial score (nSPS) is 13.1. The van der Waals surface area contributed by atoms with Crippen molar-refractivity contribution >= 4 is 41.2 Å². The second-order valence-electron chi connectivity index (χ2n) is 4.23. The second kappa shape index (κ2) is 5.30. The Morgan fingerprint density at radius 1 is 1.45 bits per heavy atom. The summed E-state index contributed by atoms with van der Waals surface area (Å²) >= 11 is 7.45. The van der Waals surface area contributed by atoms with Crippen LogP contribution in [0.3, 0.4) is 0 Å². The minimum atomic E-state index is -0.280. The van der Waals surface area contributed by atoms with Crippen molar-refractivity contribution in [2.45, 2.75) is 11.8 Å². The molecule has 1 aliphatic heterocycles. The summed E-state index contributed by atoms with van der Waals surface area (Å²) in [4.78, 5) is 13.4. The summed E-state index contributed by atoms with van der Waals surface area (Å²) < 4.78 is 4.44. The summed E-state index contributed by atoms with van der Waals surface area (Å²) in [5.41, 5.74) is 2.67. The molecule has 3 rings (SSSR count). The number of carbonyl (C=O) groups excluding carboxylic acids is 1. The lowest BCUT2D eigenvalue weighted by atomic mass is 10.0. The van der Waals surface area contributed by atoms with E-state index < -0.39 is 0 Å². The van der Waals surface area contributed by atoms with Gasteiger partial charge in [-0.05, 0) is 34.4 Å². The Bertz CT molecular complexity index is 712. The summed E-state index contributed by atoms with van der Waals surface area (Å²) in [5, 5.41) is 9.56. The molecule has 2 aromatic rings. The fourth-order valence-corrected chi connectivity index (χ4v) is 3.12. The van der Waals surface area contributed by atoms with Gasteiger partial charge in [0.1, 0.15) is 0 Å². The SMILES string of the molecule is Cc1c(C(=O)Nc2nonc2Cl)ccc2c1SCC=C2.